The van der Waals surface area contributed by atoms with Crippen LogP contribution in [0.15, 0.2) is 41.0 Å². The van der Waals surface area contributed by atoms with Crippen LogP contribution in [0.3, 0.4) is 0 Å². The van der Waals surface area contributed by atoms with Crippen molar-refractivity contribution in [1.29, 1.82) is 0 Å². The highest BCUT2D eigenvalue weighted by Crippen LogP contribution is 2.28. The fraction of sp³-hybridized carbons (Fsp3) is 0.600. The van der Waals surface area contributed by atoms with Crippen molar-refractivity contribution in [3.05, 3.63) is 47.9 Å². The van der Waals surface area contributed by atoms with Gasteiger partial charge in [-0.15, -0.1) is 0 Å². The van der Waals surface area contributed by atoms with E-state index in [2.05, 4.69) is 13.8 Å². The third-order valence-electron chi connectivity index (χ3n) is 6.89. The molecule has 1 atom stereocenters. The minimum Gasteiger partial charge on any atom is -0.493 e. The Morgan fingerprint density at radius 2 is 1.68 bits per heavy atom. The largest absolute Gasteiger partial charge is 0.493 e. The van der Waals surface area contributed by atoms with Gasteiger partial charge in [-0.3, -0.25) is 9.59 Å². The van der Waals surface area contributed by atoms with Crippen LogP contribution in [0.25, 0.3) is 0 Å². The molecule has 1 heterocycles. The number of amides is 2. The van der Waals surface area contributed by atoms with Gasteiger partial charge in [0.05, 0.1) is 27.0 Å². The number of hydrogen-bond acceptors (Lipinski definition) is 5. The Kier molecular flexibility index (Phi) is 13.7. The number of ether oxygens (including phenoxy) is 2. The monoisotopic (exact) mass is 514 g/mol. The van der Waals surface area contributed by atoms with E-state index >= 15 is 0 Å². The van der Waals surface area contributed by atoms with Gasteiger partial charge in [-0.05, 0) is 56.0 Å². The third-order valence-corrected chi connectivity index (χ3v) is 6.89. The van der Waals surface area contributed by atoms with E-state index in [1.165, 1.54) is 19.3 Å². The number of nitrogens with zero attached hydrogens (tertiary/aromatic N) is 2. The number of rotatable bonds is 18. The van der Waals surface area contributed by atoms with Crippen LogP contribution in [-0.4, -0.2) is 55.0 Å². The molecule has 7 nitrogen and oxygen atoms in total. The Bertz CT molecular complexity index is 928. The Labute approximate surface area is 223 Å². The van der Waals surface area contributed by atoms with Gasteiger partial charge in [0.1, 0.15) is 12.3 Å². The molecule has 0 radical (unpaired) electrons. The van der Waals surface area contributed by atoms with E-state index < -0.39 is 0 Å². The number of hydrogen-bond donors (Lipinski definition) is 0. The number of furan rings is 1. The third kappa shape index (κ3) is 10.1. The standard InChI is InChI=1S/C30H46N2O5/c1-6-8-9-10-11-12-15-29(33)32(24(3)7-2)23-30(34)31(22-26-14-13-20-37-26)19-18-25-16-17-27(35-4)28(21-25)36-5/h13-14,16-17,20-21,24H,6-12,15,18-19,22-23H2,1-5H3/t24-/m0/s1. The average molecular weight is 515 g/mol. The van der Waals surface area contributed by atoms with Crippen molar-refractivity contribution < 1.29 is 23.5 Å². The van der Waals surface area contributed by atoms with Gasteiger partial charge in [-0.1, -0.05) is 52.0 Å². The first-order valence-corrected chi connectivity index (χ1v) is 13.7. The summed E-state index contributed by atoms with van der Waals surface area (Å²) in [6, 6.07) is 9.48. The molecule has 0 N–H and O–H groups in total. The topological polar surface area (TPSA) is 72.2 Å². The minimum atomic E-state index is -0.0755. The first-order valence-electron chi connectivity index (χ1n) is 13.7. The highest BCUT2D eigenvalue weighted by atomic mass is 16.5. The SMILES string of the molecule is CCCCCCCCC(=O)N(CC(=O)N(CCc1ccc(OC)c(OC)c1)Cc1ccco1)[C@@H](C)CC. The summed E-state index contributed by atoms with van der Waals surface area (Å²) in [6.07, 6.45) is 10.3. The molecule has 0 unspecified atom stereocenters. The zero-order chi connectivity index (χ0) is 27.0. The van der Waals surface area contributed by atoms with Crippen molar-refractivity contribution in [3.63, 3.8) is 0 Å². The summed E-state index contributed by atoms with van der Waals surface area (Å²) in [6.45, 7) is 7.21. The van der Waals surface area contributed by atoms with E-state index in [-0.39, 0.29) is 24.4 Å². The molecule has 2 aromatic rings. The van der Waals surface area contributed by atoms with Crippen LogP contribution in [0.2, 0.25) is 0 Å². The lowest BCUT2D eigenvalue weighted by atomic mass is 10.1. The van der Waals surface area contributed by atoms with Crippen molar-refractivity contribution in [3.8, 4) is 11.5 Å². The van der Waals surface area contributed by atoms with Gasteiger partial charge in [0.25, 0.3) is 0 Å². The fourth-order valence-corrected chi connectivity index (χ4v) is 4.34. The lowest BCUT2D eigenvalue weighted by Crippen LogP contribution is -2.46. The zero-order valence-corrected chi connectivity index (χ0v) is 23.5. The molecular weight excluding hydrogens is 468 g/mol. The van der Waals surface area contributed by atoms with E-state index in [9.17, 15) is 9.59 Å². The van der Waals surface area contributed by atoms with Gasteiger partial charge in [-0.2, -0.15) is 0 Å². The summed E-state index contributed by atoms with van der Waals surface area (Å²) in [4.78, 5) is 30.2. The number of benzene rings is 1. The fourth-order valence-electron chi connectivity index (χ4n) is 4.34. The van der Waals surface area contributed by atoms with Crippen molar-refractivity contribution in [2.45, 2.75) is 91.1 Å². The predicted molar refractivity (Wildman–Crippen MR) is 147 cm³/mol. The van der Waals surface area contributed by atoms with Crippen molar-refractivity contribution in [2.24, 2.45) is 0 Å². The number of carbonyl (C=O) groups is 2. The second-order valence-corrected chi connectivity index (χ2v) is 9.63. The van der Waals surface area contributed by atoms with Crippen LogP contribution < -0.4 is 9.47 Å². The van der Waals surface area contributed by atoms with Gasteiger partial charge in [0, 0.05) is 19.0 Å². The molecule has 1 aromatic heterocycles. The smallest absolute Gasteiger partial charge is 0.242 e. The van der Waals surface area contributed by atoms with Crippen molar-refractivity contribution in [1.82, 2.24) is 9.80 Å². The summed E-state index contributed by atoms with van der Waals surface area (Å²) >= 11 is 0. The Hall–Kier alpha value is -2.96. The maximum Gasteiger partial charge on any atom is 0.242 e. The van der Waals surface area contributed by atoms with Gasteiger partial charge in [0.2, 0.25) is 11.8 Å². The summed E-state index contributed by atoms with van der Waals surface area (Å²) < 4.78 is 16.3. The van der Waals surface area contributed by atoms with Gasteiger partial charge in [-0.25, -0.2) is 0 Å². The number of unbranched alkanes of at least 4 members (excludes halogenated alkanes) is 5. The molecule has 0 aliphatic carbocycles. The molecule has 0 saturated carbocycles. The predicted octanol–water partition coefficient (Wildman–Crippen LogP) is 6.25. The van der Waals surface area contributed by atoms with Gasteiger partial charge < -0.3 is 23.7 Å². The average Bonchev–Trinajstić information content (AvgIpc) is 3.43. The molecule has 0 fully saturated rings. The van der Waals surface area contributed by atoms with Crippen molar-refractivity contribution >= 4 is 11.8 Å². The Balaban J connectivity index is 2.07. The Morgan fingerprint density at radius 1 is 0.946 bits per heavy atom. The zero-order valence-electron chi connectivity index (χ0n) is 23.5. The molecule has 0 aliphatic heterocycles. The second kappa shape index (κ2) is 16.7. The molecule has 0 spiro atoms. The lowest BCUT2D eigenvalue weighted by molar-refractivity contribution is -0.142. The van der Waals surface area contributed by atoms with E-state index in [0.717, 1.165) is 31.2 Å². The summed E-state index contributed by atoms with van der Waals surface area (Å²) in [5.74, 6) is 2.04. The molecule has 0 aliphatic rings. The first-order chi connectivity index (χ1) is 17.9. The van der Waals surface area contributed by atoms with Gasteiger partial charge >= 0.3 is 0 Å². The van der Waals surface area contributed by atoms with Crippen LogP contribution in [0.1, 0.15) is 83.5 Å². The molecule has 2 amide bonds. The maximum atomic E-state index is 13.5. The highest BCUT2D eigenvalue weighted by Gasteiger charge is 2.25. The normalized spacial score (nSPS) is 11.7. The molecule has 206 valence electrons. The van der Waals surface area contributed by atoms with Crippen LogP contribution >= 0.6 is 0 Å². The molecule has 0 saturated heterocycles. The summed E-state index contributed by atoms with van der Waals surface area (Å²) in [5, 5.41) is 0. The maximum absolute atomic E-state index is 13.5. The molecular formula is C30H46N2O5. The highest BCUT2D eigenvalue weighted by molar-refractivity contribution is 5.85. The van der Waals surface area contributed by atoms with E-state index in [0.29, 0.717) is 43.2 Å². The molecule has 0 bridgehead atoms. The number of methoxy groups -OCH3 is 2. The minimum absolute atomic E-state index is 0.00727. The summed E-state index contributed by atoms with van der Waals surface area (Å²) in [7, 11) is 3.22. The van der Waals surface area contributed by atoms with Crippen LogP contribution in [0, 0.1) is 0 Å². The van der Waals surface area contributed by atoms with Crippen LogP contribution in [0.4, 0.5) is 0 Å². The molecule has 1 aromatic carbocycles. The van der Waals surface area contributed by atoms with E-state index in [1.54, 1.807) is 30.3 Å². The molecule has 37 heavy (non-hydrogen) atoms. The van der Waals surface area contributed by atoms with Crippen LogP contribution in [0.5, 0.6) is 11.5 Å². The lowest BCUT2D eigenvalue weighted by Gasteiger charge is -2.31. The quantitative estimate of drug-likeness (QED) is 0.220. The number of carbonyl (C=O) groups excluding carboxylic acids is 2. The van der Waals surface area contributed by atoms with Crippen LogP contribution in [-0.2, 0) is 22.6 Å². The Morgan fingerprint density at radius 3 is 2.32 bits per heavy atom. The van der Waals surface area contributed by atoms with Crippen molar-refractivity contribution in [2.75, 3.05) is 27.3 Å². The van der Waals surface area contributed by atoms with Gasteiger partial charge in [0.15, 0.2) is 11.5 Å². The second-order valence-electron chi connectivity index (χ2n) is 9.63. The molecule has 7 heteroatoms. The van der Waals surface area contributed by atoms with E-state index in [1.807, 2.05) is 37.3 Å². The van der Waals surface area contributed by atoms with E-state index in [4.69, 9.17) is 13.9 Å². The molecule has 2 rings (SSSR count). The first kappa shape index (κ1) is 30.3. The summed E-state index contributed by atoms with van der Waals surface area (Å²) in [5.41, 5.74) is 1.04.